The molecule has 25 heavy (non-hydrogen) atoms. The molecule has 0 bridgehead atoms. The van der Waals surface area contributed by atoms with Gasteiger partial charge in [0.05, 0.1) is 12.7 Å². The van der Waals surface area contributed by atoms with Crippen LogP contribution in [-0.4, -0.2) is 19.6 Å². The fourth-order valence-electron chi connectivity index (χ4n) is 2.22. The van der Waals surface area contributed by atoms with Gasteiger partial charge in [-0.3, -0.25) is 4.79 Å². The SMILES string of the molecule is COc1ccccc1/C=C/C(=O)NCCc1ccc(C(F)(F)F)cc1. The molecule has 6 heteroatoms. The van der Waals surface area contributed by atoms with E-state index < -0.39 is 11.7 Å². The van der Waals surface area contributed by atoms with Crippen LogP contribution < -0.4 is 10.1 Å². The number of benzene rings is 2. The molecular formula is C19H18F3NO2. The molecule has 2 aromatic carbocycles. The third-order valence-corrected chi connectivity index (χ3v) is 3.55. The van der Waals surface area contributed by atoms with Crippen molar-refractivity contribution in [2.75, 3.05) is 13.7 Å². The summed E-state index contributed by atoms with van der Waals surface area (Å²) in [6, 6.07) is 12.2. The van der Waals surface area contributed by atoms with Gasteiger partial charge in [-0.05, 0) is 36.3 Å². The van der Waals surface area contributed by atoms with Crippen molar-refractivity contribution in [1.82, 2.24) is 5.32 Å². The molecule has 0 aliphatic carbocycles. The lowest BCUT2D eigenvalue weighted by Gasteiger charge is -2.08. The fourth-order valence-corrected chi connectivity index (χ4v) is 2.22. The van der Waals surface area contributed by atoms with Gasteiger partial charge in [0.2, 0.25) is 5.91 Å². The quantitative estimate of drug-likeness (QED) is 0.798. The molecule has 1 amide bonds. The third kappa shape index (κ3) is 5.67. The van der Waals surface area contributed by atoms with E-state index >= 15 is 0 Å². The number of carbonyl (C=O) groups excluding carboxylic acids is 1. The fraction of sp³-hybridized carbons (Fsp3) is 0.211. The first-order valence-corrected chi connectivity index (χ1v) is 7.65. The lowest BCUT2D eigenvalue weighted by Crippen LogP contribution is -2.23. The summed E-state index contributed by atoms with van der Waals surface area (Å²) in [5.74, 6) is 0.383. The number of rotatable bonds is 6. The molecule has 0 heterocycles. The van der Waals surface area contributed by atoms with E-state index in [1.807, 2.05) is 18.2 Å². The van der Waals surface area contributed by atoms with Gasteiger partial charge in [0.15, 0.2) is 0 Å². The Hall–Kier alpha value is -2.76. The second-order valence-corrected chi connectivity index (χ2v) is 5.31. The number of halogens is 3. The minimum Gasteiger partial charge on any atom is -0.496 e. The van der Waals surface area contributed by atoms with Gasteiger partial charge in [0, 0.05) is 18.2 Å². The van der Waals surface area contributed by atoms with Crippen LogP contribution in [0.25, 0.3) is 6.08 Å². The molecule has 132 valence electrons. The van der Waals surface area contributed by atoms with Crippen LogP contribution in [0.3, 0.4) is 0 Å². The van der Waals surface area contributed by atoms with E-state index in [2.05, 4.69) is 5.32 Å². The van der Waals surface area contributed by atoms with Gasteiger partial charge in [0.1, 0.15) is 5.75 Å². The Labute approximate surface area is 144 Å². The summed E-state index contributed by atoms with van der Waals surface area (Å²) >= 11 is 0. The maximum atomic E-state index is 12.5. The van der Waals surface area contributed by atoms with E-state index in [-0.39, 0.29) is 5.91 Å². The first kappa shape index (κ1) is 18.6. The molecular weight excluding hydrogens is 331 g/mol. The summed E-state index contributed by atoms with van der Waals surface area (Å²) in [5, 5.41) is 2.69. The highest BCUT2D eigenvalue weighted by atomic mass is 19.4. The van der Waals surface area contributed by atoms with Crippen molar-refractivity contribution in [3.63, 3.8) is 0 Å². The molecule has 1 N–H and O–H groups in total. The van der Waals surface area contributed by atoms with Crippen LogP contribution in [0.5, 0.6) is 5.75 Å². The largest absolute Gasteiger partial charge is 0.496 e. The van der Waals surface area contributed by atoms with Crippen molar-refractivity contribution in [2.24, 2.45) is 0 Å². The Morgan fingerprint density at radius 2 is 1.80 bits per heavy atom. The second kappa shape index (κ2) is 8.37. The van der Waals surface area contributed by atoms with Crippen LogP contribution in [-0.2, 0) is 17.4 Å². The first-order chi connectivity index (χ1) is 11.9. The number of alkyl halides is 3. The van der Waals surface area contributed by atoms with Crippen molar-refractivity contribution < 1.29 is 22.7 Å². The molecule has 0 saturated carbocycles. The van der Waals surface area contributed by atoms with E-state index in [0.29, 0.717) is 18.7 Å². The smallest absolute Gasteiger partial charge is 0.416 e. The van der Waals surface area contributed by atoms with Crippen molar-refractivity contribution in [2.45, 2.75) is 12.6 Å². The topological polar surface area (TPSA) is 38.3 Å². The molecule has 0 spiro atoms. The van der Waals surface area contributed by atoms with Crippen LogP contribution in [0.4, 0.5) is 13.2 Å². The predicted octanol–water partition coefficient (Wildman–Crippen LogP) is 4.09. The maximum absolute atomic E-state index is 12.5. The molecule has 0 atom stereocenters. The van der Waals surface area contributed by atoms with Crippen LogP contribution in [0.15, 0.2) is 54.6 Å². The molecule has 0 unspecified atom stereocenters. The molecule has 2 aromatic rings. The summed E-state index contributed by atoms with van der Waals surface area (Å²) in [7, 11) is 1.55. The maximum Gasteiger partial charge on any atom is 0.416 e. The minimum absolute atomic E-state index is 0.280. The molecule has 0 aliphatic rings. The normalized spacial score (nSPS) is 11.5. The average molecular weight is 349 g/mol. The highest BCUT2D eigenvalue weighted by molar-refractivity contribution is 5.92. The van der Waals surface area contributed by atoms with Crippen molar-refractivity contribution >= 4 is 12.0 Å². The van der Waals surface area contributed by atoms with Gasteiger partial charge in [-0.2, -0.15) is 13.2 Å². The number of nitrogens with one attached hydrogen (secondary N) is 1. The van der Waals surface area contributed by atoms with Crippen LogP contribution in [0, 0.1) is 0 Å². The van der Waals surface area contributed by atoms with E-state index in [1.165, 1.54) is 18.2 Å². The number of hydrogen-bond acceptors (Lipinski definition) is 2. The number of methoxy groups -OCH3 is 1. The Morgan fingerprint density at radius 1 is 1.12 bits per heavy atom. The summed E-state index contributed by atoms with van der Waals surface area (Å²) in [4.78, 5) is 11.8. The van der Waals surface area contributed by atoms with Gasteiger partial charge < -0.3 is 10.1 Å². The van der Waals surface area contributed by atoms with E-state index in [9.17, 15) is 18.0 Å². The first-order valence-electron chi connectivity index (χ1n) is 7.65. The summed E-state index contributed by atoms with van der Waals surface area (Å²) < 4.78 is 42.6. The lowest BCUT2D eigenvalue weighted by molar-refractivity contribution is -0.137. The number of carbonyl (C=O) groups is 1. The number of amides is 1. The van der Waals surface area contributed by atoms with Gasteiger partial charge in [-0.1, -0.05) is 30.3 Å². The van der Waals surface area contributed by atoms with Gasteiger partial charge in [-0.25, -0.2) is 0 Å². The Bertz CT molecular complexity index is 737. The molecule has 0 radical (unpaired) electrons. The third-order valence-electron chi connectivity index (χ3n) is 3.55. The molecule has 2 rings (SSSR count). The highest BCUT2D eigenvalue weighted by Gasteiger charge is 2.29. The standard InChI is InChI=1S/C19H18F3NO2/c1-25-17-5-3-2-4-15(17)8-11-18(24)23-13-12-14-6-9-16(10-7-14)19(20,21)22/h2-11H,12-13H2,1H3,(H,23,24)/b11-8+. The van der Waals surface area contributed by atoms with Crippen molar-refractivity contribution in [3.8, 4) is 5.75 Å². The molecule has 3 nitrogen and oxygen atoms in total. The zero-order valence-electron chi connectivity index (χ0n) is 13.6. The van der Waals surface area contributed by atoms with E-state index in [1.54, 1.807) is 19.3 Å². The van der Waals surface area contributed by atoms with Gasteiger partial charge >= 0.3 is 6.18 Å². The zero-order chi connectivity index (χ0) is 18.3. The zero-order valence-corrected chi connectivity index (χ0v) is 13.6. The summed E-state index contributed by atoms with van der Waals surface area (Å²) in [6.07, 6.45) is -0.848. The van der Waals surface area contributed by atoms with Crippen molar-refractivity contribution in [1.29, 1.82) is 0 Å². The lowest BCUT2D eigenvalue weighted by atomic mass is 10.1. The Kier molecular flexibility index (Phi) is 6.22. The van der Waals surface area contributed by atoms with Gasteiger partial charge in [-0.15, -0.1) is 0 Å². The minimum atomic E-state index is -4.34. The molecule has 0 saturated heterocycles. The predicted molar refractivity (Wildman–Crippen MR) is 90.2 cm³/mol. The van der Waals surface area contributed by atoms with Crippen LogP contribution >= 0.6 is 0 Å². The number of para-hydroxylation sites is 1. The highest BCUT2D eigenvalue weighted by Crippen LogP contribution is 2.29. The van der Waals surface area contributed by atoms with Gasteiger partial charge in [0.25, 0.3) is 0 Å². The molecule has 0 aliphatic heterocycles. The Balaban J connectivity index is 1.83. The average Bonchev–Trinajstić information content (AvgIpc) is 2.60. The monoisotopic (exact) mass is 349 g/mol. The molecule has 0 fully saturated rings. The summed E-state index contributed by atoms with van der Waals surface area (Å²) in [6.45, 7) is 0.334. The Morgan fingerprint density at radius 3 is 2.44 bits per heavy atom. The molecule has 0 aromatic heterocycles. The number of ether oxygens (including phenoxy) is 1. The summed E-state index contributed by atoms with van der Waals surface area (Å²) in [5.41, 5.74) is 0.824. The van der Waals surface area contributed by atoms with Crippen molar-refractivity contribution in [3.05, 3.63) is 71.3 Å². The van der Waals surface area contributed by atoms with Crippen LogP contribution in [0.1, 0.15) is 16.7 Å². The second-order valence-electron chi connectivity index (χ2n) is 5.31. The van der Waals surface area contributed by atoms with E-state index in [0.717, 1.165) is 23.3 Å². The number of hydrogen-bond donors (Lipinski definition) is 1. The van der Waals surface area contributed by atoms with E-state index in [4.69, 9.17) is 4.74 Å². The van der Waals surface area contributed by atoms with Crippen LogP contribution in [0.2, 0.25) is 0 Å².